The number of benzene rings is 3. The van der Waals surface area contributed by atoms with E-state index in [4.69, 9.17) is 0 Å². The van der Waals surface area contributed by atoms with Crippen molar-refractivity contribution in [3.63, 3.8) is 0 Å². The molecule has 0 saturated carbocycles. The number of nitrogens with zero attached hydrogens (tertiary/aromatic N) is 2. The summed E-state index contributed by atoms with van der Waals surface area (Å²) >= 11 is 0. The fourth-order valence-corrected chi connectivity index (χ4v) is 5.70. The number of anilines is 2. The van der Waals surface area contributed by atoms with Crippen molar-refractivity contribution in [3.05, 3.63) is 95.6 Å². The van der Waals surface area contributed by atoms with Gasteiger partial charge in [-0.2, -0.15) is 0 Å². The zero-order chi connectivity index (χ0) is 24.9. The zero-order valence-corrected chi connectivity index (χ0v) is 21.0. The molecule has 0 aromatic heterocycles. The molecule has 5 rings (SSSR count). The first kappa shape index (κ1) is 24.1. The molecule has 2 amide bonds. The Bertz CT molecular complexity index is 1200. The normalized spacial score (nSPS) is 20.1. The van der Waals surface area contributed by atoms with Gasteiger partial charge in [0.1, 0.15) is 0 Å². The summed E-state index contributed by atoms with van der Waals surface area (Å²) in [6.45, 7) is 4.73. The lowest BCUT2D eigenvalue weighted by Gasteiger charge is -2.41. The number of piperidine rings is 2. The van der Waals surface area contributed by atoms with Crippen molar-refractivity contribution in [3.8, 4) is 0 Å². The number of hydrogen-bond acceptors (Lipinski definition) is 3. The predicted octanol–water partition coefficient (Wildman–Crippen LogP) is 6.22. The number of aryl methyl sites for hydroxylation is 1. The van der Waals surface area contributed by atoms with E-state index in [0.717, 1.165) is 48.4 Å². The summed E-state index contributed by atoms with van der Waals surface area (Å²) in [4.78, 5) is 31.8. The largest absolute Gasteiger partial charge is 0.371 e. The van der Waals surface area contributed by atoms with Crippen LogP contribution in [0.25, 0.3) is 0 Å². The summed E-state index contributed by atoms with van der Waals surface area (Å²) in [6, 6.07) is 25.6. The minimum Gasteiger partial charge on any atom is -0.371 e. The summed E-state index contributed by atoms with van der Waals surface area (Å²) in [5.41, 5.74) is 4.63. The first-order chi connectivity index (χ1) is 17.6. The Morgan fingerprint density at radius 2 is 1.56 bits per heavy atom. The van der Waals surface area contributed by atoms with Crippen LogP contribution in [0.15, 0.2) is 78.9 Å². The Morgan fingerprint density at radius 1 is 0.806 bits per heavy atom. The second kappa shape index (κ2) is 11.0. The molecule has 2 aliphatic heterocycles. The number of nitrogens with one attached hydrogen (secondary N) is 1. The highest BCUT2D eigenvalue weighted by atomic mass is 16.2. The van der Waals surface area contributed by atoms with Gasteiger partial charge >= 0.3 is 0 Å². The first-order valence-corrected chi connectivity index (χ1v) is 13.2. The van der Waals surface area contributed by atoms with Gasteiger partial charge in [0.25, 0.3) is 5.91 Å². The standard InChI is InChI=1S/C31H35N3O2/c1-23-12-6-7-17-27(23)31(36)34-21-11-18-28(29(34)24-13-4-2-5-14-24)30(35)32-25-15-10-16-26(22-25)33-19-8-3-9-20-33/h2,4-7,10,12-17,22,28-29H,3,8-9,11,18-21H2,1H3,(H,32,35). The van der Waals surface area contributed by atoms with Crippen molar-refractivity contribution in [1.82, 2.24) is 4.90 Å². The minimum absolute atomic E-state index is 0.00783. The summed E-state index contributed by atoms with van der Waals surface area (Å²) in [6.07, 6.45) is 5.25. The van der Waals surface area contributed by atoms with E-state index in [-0.39, 0.29) is 23.8 Å². The van der Waals surface area contributed by atoms with Crippen LogP contribution in [0.3, 0.4) is 0 Å². The van der Waals surface area contributed by atoms with E-state index < -0.39 is 0 Å². The van der Waals surface area contributed by atoms with Crippen LogP contribution in [0.5, 0.6) is 0 Å². The second-order valence-corrected chi connectivity index (χ2v) is 10.0. The fourth-order valence-electron chi connectivity index (χ4n) is 5.70. The minimum atomic E-state index is -0.326. The number of carbonyl (C=O) groups excluding carboxylic acids is 2. The highest BCUT2D eigenvalue weighted by Crippen LogP contribution is 2.38. The van der Waals surface area contributed by atoms with Crippen LogP contribution in [-0.4, -0.2) is 36.3 Å². The highest BCUT2D eigenvalue weighted by Gasteiger charge is 2.39. The van der Waals surface area contributed by atoms with Crippen molar-refractivity contribution in [2.24, 2.45) is 5.92 Å². The maximum absolute atomic E-state index is 13.7. The highest BCUT2D eigenvalue weighted by molar-refractivity contribution is 5.98. The lowest BCUT2D eigenvalue weighted by atomic mass is 9.83. The van der Waals surface area contributed by atoms with E-state index in [0.29, 0.717) is 12.1 Å². The topological polar surface area (TPSA) is 52.7 Å². The molecule has 3 aromatic rings. The zero-order valence-electron chi connectivity index (χ0n) is 21.0. The fraction of sp³-hybridized carbons (Fsp3) is 0.355. The Balaban J connectivity index is 1.41. The summed E-state index contributed by atoms with van der Waals surface area (Å²) in [5, 5.41) is 3.20. The predicted molar refractivity (Wildman–Crippen MR) is 145 cm³/mol. The molecule has 2 fully saturated rings. The number of carbonyl (C=O) groups is 2. The molecule has 36 heavy (non-hydrogen) atoms. The van der Waals surface area contributed by atoms with Gasteiger partial charge in [-0.15, -0.1) is 0 Å². The molecule has 1 N–H and O–H groups in total. The molecule has 0 bridgehead atoms. The molecular weight excluding hydrogens is 446 g/mol. The number of amides is 2. The maximum atomic E-state index is 13.7. The van der Waals surface area contributed by atoms with Crippen molar-refractivity contribution in [1.29, 1.82) is 0 Å². The van der Waals surface area contributed by atoms with E-state index in [1.807, 2.05) is 78.6 Å². The van der Waals surface area contributed by atoms with E-state index in [1.54, 1.807) is 0 Å². The monoisotopic (exact) mass is 481 g/mol. The Labute approximate surface area is 214 Å². The van der Waals surface area contributed by atoms with Gasteiger partial charge < -0.3 is 15.1 Å². The van der Waals surface area contributed by atoms with Gasteiger partial charge in [-0.1, -0.05) is 54.6 Å². The SMILES string of the molecule is Cc1ccccc1C(=O)N1CCCC(C(=O)Nc2cccc(N3CCCCC3)c2)C1c1ccccc1. The molecule has 0 radical (unpaired) electrons. The lowest BCUT2D eigenvalue weighted by Crippen LogP contribution is -2.46. The number of hydrogen-bond donors (Lipinski definition) is 1. The van der Waals surface area contributed by atoms with Gasteiger partial charge in [0, 0.05) is 36.6 Å². The third kappa shape index (κ3) is 5.15. The van der Waals surface area contributed by atoms with Crippen molar-refractivity contribution in [2.75, 3.05) is 29.9 Å². The molecule has 5 heteroatoms. The Morgan fingerprint density at radius 3 is 2.33 bits per heavy atom. The van der Waals surface area contributed by atoms with Crippen LogP contribution in [0.2, 0.25) is 0 Å². The summed E-state index contributed by atoms with van der Waals surface area (Å²) in [5.74, 6) is -0.360. The van der Waals surface area contributed by atoms with Crippen LogP contribution in [0, 0.1) is 12.8 Å². The van der Waals surface area contributed by atoms with Gasteiger partial charge in [0.2, 0.25) is 5.91 Å². The van der Waals surface area contributed by atoms with Crippen LogP contribution < -0.4 is 10.2 Å². The molecular formula is C31H35N3O2. The molecule has 5 nitrogen and oxygen atoms in total. The molecule has 2 unspecified atom stereocenters. The summed E-state index contributed by atoms with van der Waals surface area (Å²) < 4.78 is 0. The van der Waals surface area contributed by atoms with E-state index in [2.05, 4.69) is 22.3 Å². The maximum Gasteiger partial charge on any atom is 0.254 e. The smallest absolute Gasteiger partial charge is 0.254 e. The average Bonchev–Trinajstić information content (AvgIpc) is 2.93. The Hall–Kier alpha value is -3.60. The van der Waals surface area contributed by atoms with Gasteiger partial charge in [0.15, 0.2) is 0 Å². The van der Waals surface area contributed by atoms with Crippen molar-refractivity contribution in [2.45, 2.75) is 45.1 Å². The quantitative estimate of drug-likeness (QED) is 0.471. The van der Waals surface area contributed by atoms with Crippen LogP contribution in [0.4, 0.5) is 11.4 Å². The van der Waals surface area contributed by atoms with Gasteiger partial charge in [-0.3, -0.25) is 9.59 Å². The molecule has 2 heterocycles. The molecule has 0 aliphatic carbocycles. The van der Waals surface area contributed by atoms with Crippen LogP contribution in [0.1, 0.15) is 59.6 Å². The van der Waals surface area contributed by atoms with Crippen molar-refractivity contribution >= 4 is 23.2 Å². The van der Waals surface area contributed by atoms with Crippen LogP contribution in [-0.2, 0) is 4.79 Å². The van der Waals surface area contributed by atoms with Gasteiger partial charge in [-0.05, 0) is 74.4 Å². The number of likely N-dealkylation sites (tertiary alicyclic amines) is 1. The summed E-state index contributed by atoms with van der Waals surface area (Å²) in [7, 11) is 0. The molecule has 2 saturated heterocycles. The third-order valence-electron chi connectivity index (χ3n) is 7.58. The molecule has 2 atom stereocenters. The Kier molecular flexibility index (Phi) is 7.36. The number of rotatable bonds is 5. The van der Waals surface area contributed by atoms with E-state index in [1.165, 1.54) is 19.3 Å². The average molecular weight is 482 g/mol. The van der Waals surface area contributed by atoms with Gasteiger partial charge in [-0.25, -0.2) is 0 Å². The van der Waals surface area contributed by atoms with Crippen LogP contribution >= 0.6 is 0 Å². The van der Waals surface area contributed by atoms with E-state index >= 15 is 0 Å². The third-order valence-corrected chi connectivity index (χ3v) is 7.58. The lowest BCUT2D eigenvalue weighted by molar-refractivity contribution is -0.123. The molecule has 186 valence electrons. The second-order valence-electron chi connectivity index (χ2n) is 10.0. The molecule has 0 spiro atoms. The molecule has 3 aromatic carbocycles. The molecule has 2 aliphatic rings. The van der Waals surface area contributed by atoms with Crippen molar-refractivity contribution < 1.29 is 9.59 Å². The van der Waals surface area contributed by atoms with E-state index in [9.17, 15) is 9.59 Å². The first-order valence-electron chi connectivity index (χ1n) is 13.2. The van der Waals surface area contributed by atoms with Gasteiger partial charge in [0.05, 0.1) is 12.0 Å².